The molecule has 2 N–H and O–H groups in total. The molecule has 6 rings (SSSR count). The summed E-state index contributed by atoms with van der Waals surface area (Å²) in [6, 6.07) is 6.91. The van der Waals surface area contributed by atoms with Gasteiger partial charge in [-0.2, -0.15) is 0 Å². The molecule has 5 heterocycles. The van der Waals surface area contributed by atoms with Gasteiger partial charge in [0.15, 0.2) is 23.1 Å². The highest BCUT2D eigenvalue weighted by Crippen LogP contribution is 2.35. The number of pyridine rings is 1. The zero-order valence-electron chi connectivity index (χ0n) is 21.9. The molecule has 0 radical (unpaired) electrons. The van der Waals surface area contributed by atoms with Gasteiger partial charge in [0.2, 0.25) is 0 Å². The first-order valence-corrected chi connectivity index (χ1v) is 13.4. The Morgan fingerprint density at radius 2 is 1.85 bits per heavy atom. The van der Waals surface area contributed by atoms with Gasteiger partial charge in [0, 0.05) is 44.7 Å². The SMILES string of the molecule is CC(=O)c1cnc2n1C[C@H](c1cccc(F)c1F)CC[C@H]2NC(=O)N1CCC(n2c(=O)[nH]c3ncccc32)CC1. The standard InChI is InChI=1S/C28H29F2N7O3/c1-16(38)23-14-32-26-21(8-7-17(15-36(23)26)19-4-2-5-20(29)24(19)30)33-27(39)35-12-9-18(10-13-35)37-22-6-3-11-31-25(22)34-28(37)40/h2-6,11,14,17-18,21H,7-10,12-13,15H2,1H3,(H,33,39)(H,31,34,40)/t17-,21-/m1/s1. The maximum atomic E-state index is 14.7. The number of urea groups is 1. The summed E-state index contributed by atoms with van der Waals surface area (Å²) in [6.45, 7) is 2.58. The topological polar surface area (TPSA) is 118 Å². The van der Waals surface area contributed by atoms with E-state index in [0.29, 0.717) is 55.9 Å². The summed E-state index contributed by atoms with van der Waals surface area (Å²) < 4.78 is 32.2. The molecule has 10 nitrogen and oxygen atoms in total. The summed E-state index contributed by atoms with van der Waals surface area (Å²) in [5.74, 6) is -1.89. The van der Waals surface area contributed by atoms with Crippen LogP contribution in [0.15, 0.2) is 47.5 Å². The van der Waals surface area contributed by atoms with Crippen LogP contribution in [-0.4, -0.2) is 53.9 Å². The number of fused-ring (bicyclic) bond motifs is 2. The van der Waals surface area contributed by atoms with E-state index >= 15 is 0 Å². The summed E-state index contributed by atoms with van der Waals surface area (Å²) in [5.41, 5.74) is 1.67. The van der Waals surface area contributed by atoms with Crippen molar-refractivity contribution in [3.63, 3.8) is 0 Å². The van der Waals surface area contributed by atoms with Crippen molar-refractivity contribution < 1.29 is 18.4 Å². The molecule has 0 spiro atoms. The molecule has 1 saturated heterocycles. The molecule has 3 aromatic heterocycles. The van der Waals surface area contributed by atoms with Crippen LogP contribution in [0.1, 0.15) is 72.5 Å². The number of ketones is 1. The van der Waals surface area contributed by atoms with Crippen molar-refractivity contribution in [3.05, 3.63) is 81.9 Å². The van der Waals surface area contributed by atoms with Crippen molar-refractivity contribution in [2.45, 2.75) is 57.2 Å². The average Bonchev–Trinajstić information content (AvgIpc) is 3.47. The van der Waals surface area contributed by atoms with E-state index in [1.807, 2.05) is 6.07 Å². The molecule has 2 aliphatic heterocycles. The Morgan fingerprint density at radius 1 is 1.05 bits per heavy atom. The number of nitrogens with zero attached hydrogens (tertiary/aromatic N) is 5. The predicted molar refractivity (Wildman–Crippen MR) is 142 cm³/mol. The van der Waals surface area contributed by atoms with E-state index < -0.39 is 23.6 Å². The highest BCUT2D eigenvalue weighted by Gasteiger charge is 2.33. The molecule has 2 amide bonds. The maximum Gasteiger partial charge on any atom is 0.327 e. The lowest BCUT2D eigenvalue weighted by Gasteiger charge is -2.33. The maximum absolute atomic E-state index is 14.7. The number of piperidine rings is 1. The molecule has 0 saturated carbocycles. The molecule has 1 aromatic carbocycles. The highest BCUT2D eigenvalue weighted by molar-refractivity contribution is 5.92. The number of benzene rings is 1. The number of carbonyl (C=O) groups excluding carboxylic acids is 2. The summed E-state index contributed by atoms with van der Waals surface area (Å²) in [4.78, 5) is 51.5. The minimum Gasteiger partial charge on any atom is -0.328 e. The second-order valence-electron chi connectivity index (χ2n) is 10.5. The van der Waals surface area contributed by atoms with E-state index in [9.17, 15) is 23.2 Å². The molecule has 0 aliphatic carbocycles. The molecular formula is C28H29F2N7O3. The number of hydrogen-bond donors (Lipinski definition) is 2. The third-order valence-electron chi connectivity index (χ3n) is 8.09. The first kappa shape index (κ1) is 25.9. The zero-order valence-corrected chi connectivity index (χ0v) is 21.9. The van der Waals surface area contributed by atoms with E-state index in [0.717, 1.165) is 11.6 Å². The van der Waals surface area contributed by atoms with Crippen molar-refractivity contribution in [2.75, 3.05) is 13.1 Å². The zero-order chi connectivity index (χ0) is 28.0. The number of hydrogen-bond acceptors (Lipinski definition) is 5. The number of likely N-dealkylation sites (tertiary alicyclic amines) is 1. The quantitative estimate of drug-likeness (QED) is 0.372. The summed E-state index contributed by atoms with van der Waals surface area (Å²) in [6.07, 6.45) is 5.21. The molecule has 1 fully saturated rings. The van der Waals surface area contributed by atoms with E-state index in [1.54, 1.807) is 32.4 Å². The van der Waals surface area contributed by atoms with Gasteiger partial charge in [0.05, 0.1) is 17.8 Å². The Bertz CT molecular complexity index is 1650. The lowest BCUT2D eigenvalue weighted by molar-refractivity contribution is 0.100. The number of rotatable bonds is 4. The minimum atomic E-state index is -0.918. The van der Waals surface area contributed by atoms with Crippen molar-refractivity contribution in [2.24, 2.45) is 0 Å². The second kappa shape index (κ2) is 10.3. The van der Waals surface area contributed by atoms with Crippen LogP contribution in [0.5, 0.6) is 0 Å². The van der Waals surface area contributed by atoms with Gasteiger partial charge < -0.3 is 14.8 Å². The predicted octanol–water partition coefficient (Wildman–Crippen LogP) is 4.07. The molecule has 4 aromatic rings. The van der Waals surface area contributed by atoms with Crippen molar-refractivity contribution in [1.29, 1.82) is 0 Å². The van der Waals surface area contributed by atoms with Crippen LogP contribution in [0.3, 0.4) is 0 Å². The van der Waals surface area contributed by atoms with Crippen LogP contribution in [-0.2, 0) is 6.54 Å². The molecule has 0 unspecified atom stereocenters. The van der Waals surface area contributed by atoms with Gasteiger partial charge in [0.25, 0.3) is 0 Å². The van der Waals surface area contributed by atoms with Gasteiger partial charge in [-0.15, -0.1) is 0 Å². The first-order chi connectivity index (χ1) is 19.3. The van der Waals surface area contributed by atoms with E-state index in [4.69, 9.17) is 0 Å². The number of Topliss-reactive ketones (excluding diaryl/α,β-unsaturated/α-hetero) is 1. The van der Waals surface area contributed by atoms with Crippen LogP contribution < -0.4 is 11.0 Å². The molecule has 2 aliphatic rings. The van der Waals surface area contributed by atoms with Crippen molar-refractivity contribution in [1.82, 2.24) is 34.3 Å². The summed E-state index contributed by atoms with van der Waals surface area (Å²) in [5, 5.41) is 3.07. The summed E-state index contributed by atoms with van der Waals surface area (Å²) >= 11 is 0. The number of H-pyrrole nitrogens is 1. The van der Waals surface area contributed by atoms with Crippen LogP contribution in [0.25, 0.3) is 11.2 Å². The van der Waals surface area contributed by atoms with Gasteiger partial charge in [0.1, 0.15) is 11.5 Å². The fraction of sp³-hybridized carbons (Fsp3) is 0.393. The lowest BCUT2D eigenvalue weighted by Crippen LogP contribution is -2.46. The van der Waals surface area contributed by atoms with Crippen LogP contribution in [0, 0.1) is 11.6 Å². The first-order valence-electron chi connectivity index (χ1n) is 13.4. The third-order valence-corrected chi connectivity index (χ3v) is 8.09. The lowest BCUT2D eigenvalue weighted by atomic mass is 9.92. The number of aromatic amines is 1. The molecule has 12 heteroatoms. The van der Waals surface area contributed by atoms with E-state index in [2.05, 4.69) is 20.3 Å². The van der Waals surface area contributed by atoms with Crippen molar-refractivity contribution >= 4 is 23.0 Å². The highest BCUT2D eigenvalue weighted by atomic mass is 19.2. The van der Waals surface area contributed by atoms with Crippen molar-refractivity contribution in [3.8, 4) is 0 Å². The van der Waals surface area contributed by atoms with Gasteiger partial charge in [-0.1, -0.05) is 12.1 Å². The molecule has 0 bridgehead atoms. The normalized spacial score (nSPS) is 19.8. The summed E-state index contributed by atoms with van der Waals surface area (Å²) in [7, 11) is 0. The number of aromatic nitrogens is 5. The van der Waals surface area contributed by atoms with Crippen LogP contribution in [0.4, 0.5) is 13.6 Å². The second-order valence-corrected chi connectivity index (χ2v) is 10.5. The number of amides is 2. The fourth-order valence-corrected chi connectivity index (χ4v) is 6.06. The van der Waals surface area contributed by atoms with Crippen LogP contribution >= 0.6 is 0 Å². The number of halogens is 2. The Balaban J connectivity index is 1.19. The van der Waals surface area contributed by atoms with Gasteiger partial charge in [-0.25, -0.2) is 28.3 Å². The largest absolute Gasteiger partial charge is 0.328 e. The van der Waals surface area contributed by atoms with E-state index in [-0.39, 0.29) is 35.7 Å². The van der Waals surface area contributed by atoms with E-state index in [1.165, 1.54) is 19.2 Å². The average molecular weight is 550 g/mol. The van der Waals surface area contributed by atoms with Gasteiger partial charge >= 0.3 is 11.7 Å². The Morgan fingerprint density at radius 3 is 2.62 bits per heavy atom. The van der Waals surface area contributed by atoms with Gasteiger partial charge in [-0.05, 0) is 49.4 Å². The third kappa shape index (κ3) is 4.56. The smallest absolute Gasteiger partial charge is 0.327 e. The van der Waals surface area contributed by atoms with Gasteiger partial charge in [-0.3, -0.25) is 14.3 Å². The van der Waals surface area contributed by atoms with Crippen LogP contribution in [0.2, 0.25) is 0 Å². The Kier molecular flexibility index (Phi) is 6.68. The fourth-order valence-electron chi connectivity index (χ4n) is 6.06. The molecule has 2 atom stereocenters. The Labute approximate surface area is 228 Å². The molecular weight excluding hydrogens is 520 g/mol. The number of nitrogens with one attached hydrogen (secondary N) is 2. The number of imidazole rings is 2. The monoisotopic (exact) mass is 549 g/mol. The number of carbonyl (C=O) groups is 2. The Hall–Kier alpha value is -4.35. The minimum absolute atomic E-state index is 0.0636. The molecule has 40 heavy (non-hydrogen) atoms. The molecule has 208 valence electrons.